The molecule has 0 aromatic carbocycles. The highest BCUT2D eigenvalue weighted by atomic mass is 16.5. The van der Waals surface area contributed by atoms with Gasteiger partial charge in [0.2, 0.25) is 5.91 Å². The molecule has 0 aliphatic carbocycles. The molecule has 0 aromatic heterocycles. The van der Waals surface area contributed by atoms with Gasteiger partial charge in [-0.1, -0.05) is 12.2 Å². The second-order valence-electron chi connectivity index (χ2n) is 2.19. The Balaban J connectivity index is 3.52. The molecule has 0 saturated carbocycles. The monoisotopic (exact) mass is 157 g/mol. The zero-order valence-electron chi connectivity index (χ0n) is 7.26. The first-order valence-corrected chi connectivity index (χ1v) is 3.64. The van der Waals surface area contributed by atoms with E-state index in [1.54, 1.807) is 6.92 Å². The molecular weight excluding hydrogens is 142 g/mol. The molecule has 0 heterocycles. The largest absolute Gasteiger partial charge is 0.372 e. The predicted octanol–water partition coefficient (Wildman–Crippen LogP) is 0.714. The molecular formula is C8H15NO2. The highest BCUT2D eigenvalue weighted by Gasteiger charge is 2.08. The quantitative estimate of drug-likeness (QED) is 0.610. The first kappa shape index (κ1) is 10.2. The van der Waals surface area contributed by atoms with Crippen LogP contribution in [0.4, 0.5) is 0 Å². The molecule has 0 aliphatic heterocycles. The van der Waals surface area contributed by atoms with E-state index in [-0.39, 0.29) is 12.0 Å². The predicted molar refractivity (Wildman–Crippen MR) is 44.3 cm³/mol. The number of carbonyl (C=O) groups excluding carboxylic acids is 1. The maximum absolute atomic E-state index is 11.0. The number of hydrogen-bond donors (Lipinski definition) is 1. The first-order chi connectivity index (χ1) is 5.22. The fourth-order valence-electron chi connectivity index (χ4n) is 0.528. The van der Waals surface area contributed by atoms with E-state index in [4.69, 9.17) is 4.74 Å². The molecule has 1 amide bonds. The minimum atomic E-state index is -0.361. The molecule has 1 unspecified atom stereocenters. The van der Waals surface area contributed by atoms with Crippen molar-refractivity contribution >= 4 is 5.91 Å². The average molecular weight is 157 g/mol. The number of nitrogens with one attached hydrogen (secondary N) is 1. The van der Waals surface area contributed by atoms with Gasteiger partial charge in [0.15, 0.2) is 0 Å². The molecule has 0 saturated heterocycles. The third kappa shape index (κ3) is 4.56. The van der Waals surface area contributed by atoms with Gasteiger partial charge in [-0.25, -0.2) is 0 Å². The van der Waals surface area contributed by atoms with E-state index in [9.17, 15) is 4.79 Å². The molecule has 0 radical (unpaired) electrons. The van der Waals surface area contributed by atoms with Gasteiger partial charge >= 0.3 is 0 Å². The van der Waals surface area contributed by atoms with Crippen molar-refractivity contribution in [1.82, 2.24) is 5.32 Å². The highest BCUT2D eigenvalue weighted by molar-refractivity contribution is 5.80. The minimum Gasteiger partial charge on any atom is -0.372 e. The average Bonchev–Trinajstić information content (AvgIpc) is 2.03. The van der Waals surface area contributed by atoms with Crippen molar-refractivity contribution in [3.8, 4) is 0 Å². The van der Waals surface area contributed by atoms with Gasteiger partial charge < -0.3 is 10.1 Å². The van der Waals surface area contributed by atoms with E-state index >= 15 is 0 Å². The van der Waals surface area contributed by atoms with Gasteiger partial charge in [-0.2, -0.15) is 0 Å². The minimum absolute atomic E-state index is 0.0781. The number of ether oxygens (including phenoxy) is 1. The number of hydrogen-bond acceptors (Lipinski definition) is 2. The smallest absolute Gasteiger partial charge is 0.249 e. The Bertz CT molecular complexity index is 143. The summed E-state index contributed by atoms with van der Waals surface area (Å²) in [4.78, 5) is 11.0. The maximum Gasteiger partial charge on any atom is 0.249 e. The second kappa shape index (κ2) is 5.92. The van der Waals surface area contributed by atoms with Crippen LogP contribution in [0.5, 0.6) is 0 Å². The molecule has 3 nitrogen and oxygen atoms in total. The van der Waals surface area contributed by atoms with Gasteiger partial charge in [0.25, 0.3) is 0 Å². The van der Waals surface area contributed by atoms with E-state index in [1.165, 1.54) is 7.11 Å². The number of methoxy groups -OCH3 is 1. The Labute approximate surface area is 67.4 Å². The molecule has 0 aromatic rings. The molecule has 0 fully saturated rings. The van der Waals surface area contributed by atoms with Gasteiger partial charge in [0, 0.05) is 13.7 Å². The molecule has 11 heavy (non-hydrogen) atoms. The van der Waals surface area contributed by atoms with Crippen LogP contribution in [-0.4, -0.2) is 25.7 Å². The molecule has 3 heteroatoms. The van der Waals surface area contributed by atoms with E-state index < -0.39 is 0 Å². The van der Waals surface area contributed by atoms with Crippen LogP contribution in [0.1, 0.15) is 13.8 Å². The zero-order valence-corrected chi connectivity index (χ0v) is 7.26. The van der Waals surface area contributed by atoms with Crippen LogP contribution in [0.25, 0.3) is 0 Å². The van der Waals surface area contributed by atoms with Crippen molar-refractivity contribution in [2.24, 2.45) is 0 Å². The standard InChI is InChI=1S/C8H15NO2/c1-4-5-6-9-8(10)7(2)11-3/h4-5,7H,6H2,1-3H3,(H,9,10)/b5-4+. The lowest BCUT2D eigenvalue weighted by Crippen LogP contribution is -2.33. The summed E-state index contributed by atoms with van der Waals surface area (Å²) < 4.78 is 4.81. The van der Waals surface area contributed by atoms with E-state index in [2.05, 4.69) is 5.32 Å². The van der Waals surface area contributed by atoms with Crippen molar-refractivity contribution in [2.75, 3.05) is 13.7 Å². The topological polar surface area (TPSA) is 38.3 Å². The van der Waals surface area contributed by atoms with E-state index in [1.807, 2.05) is 19.1 Å². The molecule has 1 atom stereocenters. The number of allylic oxidation sites excluding steroid dienone is 1. The van der Waals surface area contributed by atoms with Crippen LogP contribution in [0, 0.1) is 0 Å². The van der Waals surface area contributed by atoms with Crippen LogP contribution < -0.4 is 5.32 Å². The van der Waals surface area contributed by atoms with Crippen molar-refractivity contribution < 1.29 is 9.53 Å². The zero-order chi connectivity index (χ0) is 8.69. The summed E-state index contributed by atoms with van der Waals surface area (Å²) in [6, 6.07) is 0. The van der Waals surface area contributed by atoms with Crippen LogP contribution in [0.15, 0.2) is 12.2 Å². The normalized spacial score (nSPS) is 13.4. The van der Waals surface area contributed by atoms with Crippen LogP contribution >= 0.6 is 0 Å². The van der Waals surface area contributed by atoms with Crippen molar-refractivity contribution in [3.05, 3.63) is 12.2 Å². The lowest BCUT2D eigenvalue weighted by molar-refractivity contribution is -0.129. The first-order valence-electron chi connectivity index (χ1n) is 3.64. The highest BCUT2D eigenvalue weighted by Crippen LogP contribution is 1.85. The molecule has 0 spiro atoms. The summed E-state index contributed by atoms with van der Waals surface area (Å²) in [5, 5.41) is 2.68. The lowest BCUT2D eigenvalue weighted by Gasteiger charge is -2.07. The van der Waals surface area contributed by atoms with Gasteiger partial charge in [-0.05, 0) is 13.8 Å². The summed E-state index contributed by atoms with van der Waals surface area (Å²) in [6.45, 7) is 4.19. The third-order valence-electron chi connectivity index (χ3n) is 1.35. The summed E-state index contributed by atoms with van der Waals surface area (Å²) >= 11 is 0. The Kier molecular flexibility index (Phi) is 5.47. The van der Waals surface area contributed by atoms with Crippen LogP contribution in [-0.2, 0) is 9.53 Å². The summed E-state index contributed by atoms with van der Waals surface area (Å²) in [7, 11) is 1.51. The van der Waals surface area contributed by atoms with Crippen molar-refractivity contribution in [3.63, 3.8) is 0 Å². The number of amides is 1. The summed E-state index contributed by atoms with van der Waals surface area (Å²) in [6.07, 6.45) is 3.40. The van der Waals surface area contributed by atoms with Gasteiger partial charge in [-0.15, -0.1) is 0 Å². The molecule has 0 rings (SSSR count). The molecule has 64 valence electrons. The van der Waals surface area contributed by atoms with Gasteiger partial charge in [0.05, 0.1) is 0 Å². The van der Waals surface area contributed by atoms with Gasteiger partial charge in [0.1, 0.15) is 6.10 Å². The Morgan fingerprint density at radius 2 is 2.36 bits per heavy atom. The molecule has 1 N–H and O–H groups in total. The second-order valence-corrected chi connectivity index (χ2v) is 2.19. The maximum atomic E-state index is 11.0. The van der Waals surface area contributed by atoms with Crippen molar-refractivity contribution in [2.45, 2.75) is 20.0 Å². The van der Waals surface area contributed by atoms with Crippen molar-refractivity contribution in [1.29, 1.82) is 0 Å². The Hall–Kier alpha value is -0.830. The lowest BCUT2D eigenvalue weighted by atomic mass is 10.4. The number of rotatable bonds is 4. The summed E-state index contributed by atoms with van der Waals surface area (Å²) in [5.41, 5.74) is 0. The van der Waals surface area contributed by atoms with E-state index in [0.717, 1.165) is 0 Å². The number of carbonyl (C=O) groups is 1. The van der Waals surface area contributed by atoms with E-state index in [0.29, 0.717) is 6.54 Å². The Morgan fingerprint density at radius 1 is 1.73 bits per heavy atom. The van der Waals surface area contributed by atoms with Gasteiger partial charge in [-0.3, -0.25) is 4.79 Å². The fraction of sp³-hybridized carbons (Fsp3) is 0.625. The molecule has 0 aliphatic rings. The third-order valence-corrected chi connectivity index (χ3v) is 1.35. The van der Waals surface area contributed by atoms with Crippen LogP contribution in [0.2, 0.25) is 0 Å². The molecule has 0 bridgehead atoms. The fourth-order valence-corrected chi connectivity index (χ4v) is 0.528. The summed E-state index contributed by atoms with van der Waals surface area (Å²) in [5.74, 6) is -0.0781. The Morgan fingerprint density at radius 3 is 2.82 bits per heavy atom. The SMILES string of the molecule is C/C=C/CNC(=O)C(C)OC. The van der Waals surface area contributed by atoms with Crippen LogP contribution in [0.3, 0.4) is 0 Å².